The predicted molar refractivity (Wildman–Crippen MR) is 59.9 cm³/mol. The van der Waals surface area contributed by atoms with Gasteiger partial charge in [0.2, 0.25) is 0 Å². The van der Waals surface area contributed by atoms with Crippen molar-refractivity contribution >= 4 is 6.47 Å². The molecule has 0 bridgehead atoms. The van der Waals surface area contributed by atoms with Gasteiger partial charge in [0.15, 0.2) is 0 Å². The van der Waals surface area contributed by atoms with Gasteiger partial charge in [-0.25, -0.2) is 0 Å². The van der Waals surface area contributed by atoms with Gasteiger partial charge in [-0.1, -0.05) is 18.2 Å². The quantitative estimate of drug-likeness (QED) is 0.646. The fourth-order valence-corrected chi connectivity index (χ4v) is 1.22. The lowest BCUT2D eigenvalue weighted by atomic mass is 10.2. The molecular formula is C12H15NO2. The van der Waals surface area contributed by atoms with Crippen LogP contribution in [0.3, 0.4) is 0 Å². The molecule has 0 spiro atoms. The highest BCUT2D eigenvalue weighted by molar-refractivity contribution is 5.36. The van der Waals surface area contributed by atoms with Crippen LogP contribution in [0.15, 0.2) is 48.4 Å². The third-order valence-corrected chi connectivity index (χ3v) is 1.92. The number of carbonyl (C=O) groups is 1. The largest absolute Gasteiger partial charge is 0.468 e. The standard InChI is InChI=1S/C9H9N.C3H6O2/c1-3-7-10-8-4-2-6-9(10)5-1;1-2-5-3-4/h1-7H,8H2;3H,2H2,1H3. The summed E-state index contributed by atoms with van der Waals surface area (Å²) in [5, 5.41) is 0. The molecule has 0 unspecified atom stereocenters. The molecule has 80 valence electrons. The van der Waals surface area contributed by atoms with Crippen LogP contribution in [0.5, 0.6) is 0 Å². The molecule has 3 nitrogen and oxygen atoms in total. The van der Waals surface area contributed by atoms with Crippen molar-refractivity contribution in [1.29, 1.82) is 0 Å². The van der Waals surface area contributed by atoms with Gasteiger partial charge < -0.3 is 9.64 Å². The molecule has 2 heterocycles. The van der Waals surface area contributed by atoms with E-state index in [-0.39, 0.29) is 0 Å². The van der Waals surface area contributed by atoms with Crippen molar-refractivity contribution in [1.82, 2.24) is 4.90 Å². The van der Waals surface area contributed by atoms with E-state index in [0.29, 0.717) is 13.1 Å². The highest BCUT2D eigenvalue weighted by Gasteiger charge is 2.05. The maximum absolute atomic E-state index is 9.18. The van der Waals surface area contributed by atoms with E-state index in [9.17, 15) is 4.79 Å². The van der Waals surface area contributed by atoms with Crippen molar-refractivity contribution in [2.24, 2.45) is 0 Å². The number of hydrogen-bond donors (Lipinski definition) is 0. The molecule has 2 rings (SSSR count). The van der Waals surface area contributed by atoms with Gasteiger partial charge in [0, 0.05) is 18.4 Å². The first-order valence-corrected chi connectivity index (χ1v) is 4.92. The second-order valence-corrected chi connectivity index (χ2v) is 2.92. The Bertz CT molecular complexity index is 314. The number of fused-ring (bicyclic) bond motifs is 1. The van der Waals surface area contributed by atoms with Crippen LogP contribution in [0.1, 0.15) is 6.92 Å². The van der Waals surface area contributed by atoms with Gasteiger partial charge in [-0.15, -0.1) is 0 Å². The molecule has 0 aliphatic carbocycles. The van der Waals surface area contributed by atoms with Crippen LogP contribution < -0.4 is 0 Å². The van der Waals surface area contributed by atoms with E-state index in [2.05, 4.69) is 52.3 Å². The minimum atomic E-state index is 0.431. The molecule has 0 aromatic rings. The molecule has 0 fully saturated rings. The van der Waals surface area contributed by atoms with Crippen LogP contribution >= 0.6 is 0 Å². The number of nitrogens with zero attached hydrogens (tertiary/aromatic N) is 1. The lowest BCUT2D eigenvalue weighted by Gasteiger charge is -2.23. The molecule has 0 aromatic heterocycles. The molecule has 3 heteroatoms. The van der Waals surface area contributed by atoms with Crippen molar-refractivity contribution in [3.8, 4) is 0 Å². The summed E-state index contributed by atoms with van der Waals surface area (Å²) in [7, 11) is 0. The van der Waals surface area contributed by atoms with Gasteiger partial charge in [0.05, 0.1) is 6.61 Å². The zero-order valence-electron chi connectivity index (χ0n) is 8.80. The van der Waals surface area contributed by atoms with Gasteiger partial charge >= 0.3 is 0 Å². The molecule has 0 N–H and O–H groups in total. The predicted octanol–water partition coefficient (Wildman–Crippen LogP) is 2.00. The van der Waals surface area contributed by atoms with Crippen LogP contribution in [0.4, 0.5) is 0 Å². The molecule has 2 aliphatic rings. The Labute approximate surface area is 90.0 Å². The van der Waals surface area contributed by atoms with Crippen molar-refractivity contribution in [2.45, 2.75) is 6.92 Å². The second kappa shape index (κ2) is 6.65. The highest BCUT2D eigenvalue weighted by Crippen LogP contribution is 2.14. The molecule has 0 saturated carbocycles. The summed E-state index contributed by atoms with van der Waals surface area (Å²) in [6, 6.07) is 0. The second-order valence-electron chi connectivity index (χ2n) is 2.92. The first-order chi connectivity index (χ1) is 7.38. The zero-order valence-corrected chi connectivity index (χ0v) is 8.80. The van der Waals surface area contributed by atoms with E-state index in [1.165, 1.54) is 5.70 Å². The Balaban J connectivity index is 0.000000195. The summed E-state index contributed by atoms with van der Waals surface area (Å²) in [4.78, 5) is 11.4. The molecule has 0 aromatic carbocycles. The fourth-order valence-electron chi connectivity index (χ4n) is 1.22. The van der Waals surface area contributed by atoms with E-state index in [1.807, 2.05) is 0 Å². The summed E-state index contributed by atoms with van der Waals surface area (Å²) >= 11 is 0. The zero-order chi connectivity index (χ0) is 10.9. The number of hydrogen-bond acceptors (Lipinski definition) is 3. The monoisotopic (exact) mass is 205 g/mol. The van der Waals surface area contributed by atoms with E-state index in [1.54, 1.807) is 6.92 Å². The Morgan fingerprint density at radius 3 is 2.93 bits per heavy atom. The first-order valence-electron chi connectivity index (χ1n) is 4.92. The van der Waals surface area contributed by atoms with E-state index >= 15 is 0 Å². The van der Waals surface area contributed by atoms with Crippen LogP contribution in [0.25, 0.3) is 0 Å². The van der Waals surface area contributed by atoms with Gasteiger partial charge in [-0.2, -0.15) is 0 Å². The number of rotatable bonds is 2. The van der Waals surface area contributed by atoms with Crippen LogP contribution in [-0.2, 0) is 9.53 Å². The third kappa shape index (κ3) is 3.85. The van der Waals surface area contributed by atoms with Crippen molar-refractivity contribution < 1.29 is 9.53 Å². The van der Waals surface area contributed by atoms with Gasteiger partial charge in [0.25, 0.3) is 6.47 Å². The van der Waals surface area contributed by atoms with E-state index in [4.69, 9.17) is 0 Å². The Kier molecular flexibility index (Phi) is 5.01. The Morgan fingerprint density at radius 1 is 1.47 bits per heavy atom. The van der Waals surface area contributed by atoms with Crippen LogP contribution in [0, 0.1) is 0 Å². The molecule has 0 atom stereocenters. The van der Waals surface area contributed by atoms with E-state index in [0.717, 1.165) is 6.54 Å². The molecule has 0 saturated heterocycles. The lowest BCUT2D eigenvalue weighted by molar-refractivity contribution is -0.128. The number of ether oxygens (including phenoxy) is 1. The van der Waals surface area contributed by atoms with Crippen molar-refractivity contribution in [3.05, 3.63) is 48.4 Å². The average Bonchev–Trinajstić information content (AvgIpc) is 2.31. The Hall–Kier alpha value is -1.77. The van der Waals surface area contributed by atoms with Gasteiger partial charge in [0.1, 0.15) is 0 Å². The third-order valence-electron chi connectivity index (χ3n) is 1.92. The smallest absolute Gasteiger partial charge is 0.293 e. The van der Waals surface area contributed by atoms with Gasteiger partial charge in [-0.3, -0.25) is 4.79 Å². The normalized spacial score (nSPS) is 16.1. The maximum Gasteiger partial charge on any atom is 0.293 e. The molecule has 15 heavy (non-hydrogen) atoms. The minimum absolute atomic E-state index is 0.431. The SMILES string of the molecule is C1=CCN2C=CC=CC2=C1.CCOC=O. The van der Waals surface area contributed by atoms with Crippen LogP contribution in [0.2, 0.25) is 0 Å². The number of carbonyl (C=O) groups excluding carboxylic acids is 1. The average molecular weight is 205 g/mol. The maximum atomic E-state index is 9.18. The molecular weight excluding hydrogens is 190 g/mol. The minimum Gasteiger partial charge on any atom is -0.468 e. The lowest BCUT2D eigenvalue weighted by Crippen LogP contribution is -2.18. The summed E-state index contributed by atoms with van der Waals surface area (Å²) < 4.78 is 4.15. The summed E-state index contributed by atoms with van der Waals surface area (Å²) in [6.45, 7) is 3.67. The summed E-state index contributed by atoms with van der Waals surface area (Å²) in [6.07, 6.45) is 14.7. The van der Waals surface area contributed by atoms with Crippen LogP contribution in [-0.4, -0.2) is 24.5 Å². The summed E-state index contributed by atoms with van der Waals surface area (Å²) in [5.41, 5.74) is 1.28. The molecule has 0 radical (unpaired) electrons. The highest BCUT2D eigenvalue weighted by atomic mass is 16.5. The summed E-state index contributed by atoms with van der Waals surface area (Å²) in [5.74, 6) is 0. The van der Waals surface area contributed by atoms with E-state index < -0.39 is 0 Å². The van der Waals surface area contributed by atoms with Crippen molar-refractivity contribution in [2.75, 3.05) is 13.2 Å². The fraction of sp³-hybridized carbons (Fsp3) is 0.250. The molecule has 0 amide bonds. The number of allylic oxidation sites excluding steroid dienone is 5. The first kappa shape index (κ1) is 11.3. The molecule has 2 aliphatic heterocycles. The van der Waals surface area contributed by atoms with Crippen molar-refractivity contribution in [3.63, 3.8) is 0 Å². The topological polar surface area (TPSA) is 29.5 Å². The Morgan fingerprint density at radius 2 is 2.33 bits per heavy atom. The van der Waals surface area contributed by atoms with Gasteiger partial charge in [-0.05, 0) is 25.2 Å².